The molecule has 1 fully saturated rings. The Kier molecular flexibility index (Phi) is 7.17. The fraction of sp³-hybridized carbons (Fsp3) is 0.480. The maximum absolute atomic E-state index is 12.6. The largest absolute Gasteiger partial charge is 0.491 e. The van der Waals surface area contributed by atoms with Gasteiger partial charge < -0.3 is 24.3 Å². The number of carbonyl (C=O) groups is 1. The van der Waals surface area contributed by atoms with E-state index >= 15 is 0 Å². The molecule has 1 saturated heterocycles. The molecule has 0 bridgehead atoms. The number of aryl methyl sites for hydroxylation is 1. The molecule has 1 atom stereocenters. The molecule has 1 amide bonds. The molecule has 0 saturated carbocycles. The lowest BCUT2D eigenvalue weighted by atomic mass is 9.95. The second kappa shape index (κ2) is 10.2. The average Bonchev–Trinajstić information content (AvgIpc) is 3.20. The zero-order chi connectivity index (χ0) is 22.4. The molecule has 0 aromatic heterocycles. The summed E-state index contributed by atoms with van der Waals surface area (Å²) in [6, 6.07) is 13.8. The molecule has 7 heteroatoms. The van der Waals surface area contributed by atoms with Crippen molar-refractivity contribution >= 4 is 5.91 Å². The van der Waals surface area contributed by atoms with Crippen LogP contribution in [-0.2, 0) is 16.1 Å². The number of ether oxygens (including phenoxy) is 4. The molecular weight excluding hydrogens is 408 g/mol. The van der Waals surface area contributed by atoms with Crippen LogP contribution in [0.25, 0.3) is 0 Å². The molecular formula is C25H32N2O5. The van der Waals surface area contributed by atoms with E-state index in [9.17, 15) is 4.79 Å². The Morgan fingerprint density at radius 3 is 2.78 bits per heavy atom. The van der Waals surface area contributed by atoms with Gasteiger partial charge in [-0.3, -0.25) is 9.69 Å². The lowest BCUT2D eigenvalue weighted by Crippen LogP contribution is -2.41. The monoisotopic (exact) mass is 440 g/mol. The number of nitrogens with zero attached hydrogens (tertiary/aromatic N) is 1. The van der Waals surface area contributed by atoms with Crippen LogP contribution in [0.3, 0.4) is 0 Å². The van der Waals surface area contributed by atoms with Gasteiger partial charge in [0.1, 0.15) is 18.0 Å². The van der Waals surface area contributed by atoms with Gasteiger partial charge in [-0.15, -0.1) is 0 Å². The zero-order valence-corrected chi connectivity index (χ0v) is 18.9. The number of benzene rings is 2. The summed E-state index contributed by atoms with van der Waals surface area (Å²) in [5.41, 5.74) is 1.80. The summed E-state index contributed by atoms with van der Waals surface area (Å²) in [5.74, 6) is 2.31. The van der Waals surface area contributed by atoms with Crippen LogP contribution in [0.5, 0.6) is 17.2 Å². The van der Waals surface area contributed by atoms with Gasteiger partial charge in [-0.2, -0.15) is 0 Å². The number of hydrogen-bond donors (Lipinski definition) is 1. The Balaban J connectivity index is 1.26. The minimum absolute atomic E-state index is 0.00217. The van der Waals surface area contributed by atoms with E-state index in [1.807, 2.05) is 42.5 Å². The number of carbonyl (C=O) groups excluding carboxylic acids is 1. The molecule has 7 nitrogen and oxygen atoms in total. The van der Waals surface area contributed by atoms with Crippen LogP contribution in [0.1, 0.15) is 30.4 Å². The van der Waals surface area contributed by atoms with Gasteiger partial charge >= 0.3 is 0 Å². The van der Waals surface area contributed by atoms with Crippen molar-refractivity contribution in [3.05, 3.63) is 53.6 Å². The number of amides is 1. The van der Waals surface area contributed by atoms with E-state index in [0.717, 1.165) is 55.2 Å². The highest BCUT2D eigenvalue weighted by atomic mass is 16.7. The summed E-state index contributed by atoms with van der Waals surface area (Å²) in [5, 5.41) is 3.01. The standard InChI is InChI=1S/C25H32N2O5/c1-19-7-9-21(10-8-19)30-17-25(29-2)11-4-13-27(14-12-25)16-23(28)26-15-20-5-3-6-22-24(20)32-18-31-22/h3,5-10H,4,11-18H2,1-2H3,(H,26,28). The van der Waals surface area contributed by atoms with Crippen LogP contribution in [0, 0.1) is 6.92 Å². The van der Waals surface area contributed by atoms with Crippen LogP contribution in [-0.4, -0.2) is 56.6 Å². The molecule has 2 heterocycles. The summed E-state index contributed by atoms with van der Waals surface area (Å²) < 4.78 is 22.9. The van der Waals surface area contributed by atoms with Gasteiger partial charge in [0.2, 0.25) is 12.7 Å². The van der Waals surface area contributed by atoms with Crippen LogP contribution < -0.4 is 19.5 Å². The van der Waals surface area contributed by atoms with E-state index in [1.165, 1.54) is 5.56 Å². The summed E-state index contributed by atoms with van der Waals surface area (Å²) >= 11 is 0. The number of para-hydroxylation sites is 1. The summed E-state index contributed by atoms with van der Waals surface area (Å²) in [4.78, 5) is 14.8. The van der Waals surface area contributed by atoms with Gasteiger partial charge in [0.15, 0.2) is 11.5 Å². The molecule has 2 aromatic rings. The molecule has 0 aliphatic carbocycles. The van der Waals surface area contributed by atoms with E-state index in [0.29, 0.717) is 19.7 Å². The maximum Gasteiger partial charge on any atom is 0.234 e. The first kappa shape index (κ1) is 22.4. The molecule has 2 aliphatic rings. The smallest absolute Gasteiger partial charge is 0.234 e. The topological polar surface area (TPSA) is 69.3 Å². The molecule has 2 aliphatic heterocycles. The van der Waals surface area contributed by atoms with Gasteiger partial charge in [-0.1, -0.05) is 29.8 Å². The van der Waals surface area contributed by atoms with E-state index in [4.69, 9.17) is 18.9 Å². The fourth-order valence-electron chi connectivity index (χ4n) is 4.22. The normalized spacial score (nSPS) is 20.6. The summed E-state index contributed by atoms with van der Waals surface area (Å²) in [6.45, 7) is 5.23. The second-order valence-corrected chi connectivity index (χ2v) is 8.55. The van der Waals surface area contributed by atoms with Crippen LogP contribution in [0.15, 0.2) is 42.5 Å². The van der Waals surface area contributed by atoms with Crippen molar-refractivity contribution in [2.75, 3.05) is 40.1 Å². The van der Waals surface area contributed by atoms with Gasteiger partial charge in [0, 0.05) is 25.8 Å². The van der Waals surface area contributed by atoms with Crippen molar-refractivity contribution in [1.82, 2.24) is 10.2 Å². The minimum Gasteiger partial charge on any atom is -0.491 e. The van der Waals surface area contributed by atoms with Crippen molar-refractivity contribution in [2.24, 2.45) is 0 Å². The van der Waals surface area contributed by atoms with Crippen molar-refractivity contribution in [2.45, 2.75) is 38.3 Å². The Bertz CT molecular complexity index is 917. The highest BCUT2D eigenvalue weighted by Gasteiger charge is 2.34. The molecule has 172 valence electrons. The maximum atomic E-state index is 12.6. The predicted molar refractivity (Wildman–Crippen MR) is 121 cm³/mol. The Labute approximate surface area is 189 Å². The van der Waals surface area contributed by atoms with E-state index < -0.39 is 0 Å². The quantitative estimate of drug-likeness (QED) is 0.679. The van der Waals surface area contributed by atoms with Crippen LogP contribution in [0.2, 0.25) is 0 Å². The Morgan fingerprint density at radius 1 is 1.12 bits per heavy atom. The van der Waals surface area contributed by atoms with Gasteiger partial charge in [-0.05, 0) is 50.9 Å². The number of nitrogens with one attached hydrogen (secondary N) is 1. The summed E-state index contributed by atoms with van der Waals surface area (Å²) in [7, 11) is 1.75. The molecule has 0 spiro atoms. The van der Waals surface area contributed by atoms with Crippen molar-refractivity contribution < 1.29 is 23.7 Å². The second-order valence-electron chi connectivity index (χ2n) is 8.55. The average molecular weight is 441 g/mol. The number of likely N-dealkylation sites (tertiary alicyclic amines) is 1. The zero-order valence-electron chi connectivity index (χ0n) is 18.9. The lowest BCUT2D eigenvalue weighted by Gasteiger charge is -2.31. The van der Waals surface area contributed by atoms with Crippen molar-refractivity contribution in [3.63, 3.8) is 0 Å². The molecule has 32 heavy (non-hydrogen) atoms. The highest BCUT2D eigenvalue weighted by molar-refractivity contribution is 5.78. The van der Waals surface area contributed by atoms with E-state index in [-0.39, 0.29) is 18.3 Å². The van der Waals surface area contributed by atoms with E-state index in [1.54, 1.807) is 7.11 Å². The molecule has 0 radical (unpaired) electrons. The minimum atomic E-state index is -0.335. The number of hydrogen-bond acceptors (Lipinski definition) is 6. The highest BCUT2D eigenvalue weighted by Crippen LogP contribution is 2.35. The Hall–Kier alpha value is -2.77. The third kappa shape index (κ3) is 5.53. The third-order valence-corrected chi connectivity index (χ3v) is 6.27. The van der Waals surface area contributed by atoms with Crippen molar-refractivity contribution in [1.29, 1.82) is 0 Å². The summed E-state index contributed by atoms with van der Waals surface area (Å²) in [6.07, 6.45) is 2.68. The lowest BCUT2D eigenvalue weighted by molar-refractivity contribution is -0.122. The van der Waals surface area contributed by atoms with Crippen LogP contribution >= 0.6 is 0 Å². The number of rotatable bonds is 8. The van der Waals surface area contributed by atoms with E-state index in [2.05, 4.69) is 17.1 Å². The first-order valence-corrected chi connectivity index (χ1v) is 11.2. The Morgan fingerprint density at radius 2 is 1.97 bits per heavy atom. The molecule has 4 rings (SSSR count). The third-order valence-electron chi connectivity index (χ3n) is 6.27. The van der Waals surface area contributed by atoms with Gasteiger partial charge in [0.25, 0.3) is 0 Å². The van der Waals surface area contributed by atoms with Gasteiger partial charge in [0.05, 0.1) is 6.54 Å². The SMILES string of the molecule is COC1(COc2ccc(C)cc2)CCCN(CC(=O)NCc2cccc3c2OCO3)CC1. The fourth-order valence-corrected chi connectivity index (χ4v) is 4.22. The number of fused-ring (bicyclic) bond motifs is 1. The first-order valence-electron chi connectivity index (χ1n) is 11.2. The predicted octanol–water partition coefficient (Wildman–Crippen LogP) is 3.29. The molecule has 1 unspecified atom stereocenters. The first-order chi connectivity index (χ1) is 15.6. The molecule has 1 N–H and O–H groups in total. The van der Waals surface area contributed by atoms with Crippen LogP contribution in [0.4, 0.5) is 0 Å². The number of methoxy groups -OCH3 is 1. The van der Waals surface area contributed by atoms with Gasteiger partial charge in [-0.25, -0.2) is 0 Å². The molecule has 2 aromatic carbocycles. The van der Waals surface area contributed by atoms with Crippen molar-refractivity contribution in [3.8, 4) is 17.2 Å².